The van der Waals surface area contributed by atoms with Gasteiger partial charge >= 0.3 is 0 Å². The normalized spacial score (nSPS) is 17.1. The summed E-state index contributed by atoms with van der Waals surface area (Å²) in [6, 6.07) is 68.4. The lowest BCUT2D eigenvalue weighted by Gasteiger charge is -2.36. The molecule has 1 nitrogen and oxygen atoms in total. The lowest BCUT2D eigenvalue weighted by atomic mass is 9.67. The standard InChI is InChI=1S/C69H47F4N/c1-5-42-25-29-44(30-26-42)68(58-21-13-23-63(70)65(58)72)56-19-11-8-16-50(56)53-37-34-47(40-61(53)68)74(46-33-36-52-49-15-7-10-18-55(49)67(3,4)60(52)39-46)48-35-38-54-51-17-9-12-20-57(51)69(62(54)41-48,45-31-27-43(6-2)28-32-45)59-22-14-24-64(71)66(59)73/h5-41H,1-2H2,3-4H3. The van der Waals surface area contributed by atoms with Gasteiger partial charge in [-0.25, -0.2) is 17.6 Å². The van der Waals surface area contributed by atoms with E-state index in [2.05, 4.69) is 111 Å². The Hall–Kier alpha value is -8.80. The number of hydrogen-bond donors (Lipinski definition) is 0. The second-order valence-electron chi connectivity index (χ2n) is 20.1. The van der Waals surface area contributed by atoms with Crippen molar-refractivity contribution in [2.45, 2.75) is 30.1 Å². The lowest BCUT2D eigenvalue weighted by Crippen LogP contribution is -2.31. The van der Waals surface area contributed by atoms with Crippen molar-refractivity contribution in [3.63, 3.8) is 0 Å². The number of rotatable bonds is 9. The van der Waals surface area contributed by atoms with Crippen molar-refractivity contribution in [2.24, 2.45) is 0 Å². The fourth-order valence-corrected chi connectivity index (χ4v) is 12.9. The highest BCUT2D eigenvalue weighted by atomic mass is 19.2. The van der Waals surface area contributed by atoms with Gasteiger partial charge in [0.25, 0.3) is 0 Å². The molecule has 0 saturated heterocycles. The van der Waals surface area contributed by atoms with Gasteiger partial charge in [-0.3, -0.25) is 0 Å². The van der Waals surface area contributed by atoms with E-state index in [1.165, 1.54) is 11.1 Å². The first-order chi connectivity index (χ1) is 36.0. The quantitative estimate of drug-likeness (QED) is 0.130. The van der Waals surface area contributed by atoms with Crippen LogP contribution in [0.5, 0.6) is 0 Å². The van der Waals surface area contributed by atoms with Crippen molar-refractivity contribution < 1.29 is 17.6 Å². The highest BCUT2D eigenvalue weighted by Crippen LogP contribution is 2.61. The lowest BCUT2D eigenvalue weighted by molar-refractivity contribution is 0.488. The fourth-order valence-electron chi connectivity index (χ4n) is 12.9. The van der Waals surface area contributed by atoms with E-state index in [0.29, 0.717) is 0 Å². The molecule has 13 rings (SSSR count). The highest BCUT2D eigenvalue weighted by molar-refractivity contribution is 5.93. The van der Waals surface area contributed by atoms with Crippen molar-refractivity contribution in [1.82, 2.24) is 0 Å². The van der Waals surface area contributed by atoms with Crippen LogP contribution < -0.4 is 4.90 Å². The molecule has 2 atom stereocenters. The maximum atomic E-state index is 17.1. The smallest absolute Gasteiger partial charge is 0.163 e. The molecule has 74 heavy (non-hydrogen) atoms. The summed E-state index contributed by atoms with van der Waals surface area (Å²) in [5, 5.41) is 0. The van der Waals surface area contributed by atoms with Crippen molar-refractivity contribution in [3.8, 4) is 33.4 Å². The van der Waals surface area contributed by atoms with Gasteiger partial charge in [-0.15, -0.1) is 0 Å². The summed E-state index contributed by atoms with van der Waals surface area (Å²) in [6.07, 6.45) is 3.54. The summed E-state index contributed by atoms with van der Waals surface area (Å²) in [5.41, 5.74) is 14.6. The van der Waals surface area contributed by atoms with Crippen LogP contribution in [0.15, 0.2) is 225 Å². The molecule has 0 radical (unpaired) electrons. The van der Waals surface area contributed by atoms with Crippen LogP contribution in [0, 0.1) is 23.3 Å². The van der Waals surface area contributed by atoms with E-state index in [9.17, 15) is 0 Å². The van der Waals surface area contributed by atoms with Gasteiger partial charge in [-0.05, 0) is 138 Å². The number of anilines is 3. The topological polar surface area (TPSA) is 3.24 Å². The molecule has 0 N–H and O–H groups in total. The molecule has 2 unspecified atom stereocenters. The third-order valence-corrected chi connectivity index (χ3v) is 16.3. The van der Waals surface area contributed by atoms with Gasteiger partial charge in [-0.2, -0.15) is 0 Å². The maximum Gasteiger partial charge on any atom is 0.163 e. The third kappa shape index (κ3) is 6.16. The Bertz CT molecular complexity index is 3770. The predicted octanol–water partition coefficient (Wildman–Crippen LogP) is 18.0. The summed E-state index contributed by atoms with van der Waals surface area (Å²) in [7, 11) is 0. The molecule has 3 aliphatic rings. The van der Waals surface area contributed by atoms with E-state index in [0.717, 1.165) is 107 Å². The zero-order valence-electron chi connectivity index (χ0n) is 40.7. The van der Waals surface area contributed by atoms with E-state index < -0.39 is 34.1 Å². The monoisotopic (exact) mass is 965 g/mol. The Morgan fingerprint density at radius 3 is 1.09 bits per heavy atom. The van der Waals surface area contributed by atoms with E-state index in [4.69, 9.17) is 0 Å². The van der Waals surface area contributed by atoms with Gasteiger partial charge < -0.3 is 4.90 Å². The maximum absolute atomic E-state index is 17.1. The summed E-state index contributed by atoms with van der Waals surface area (Å²) >= 11 is 0. The fraction of sp³-hybridized carbons (Fsp3) is 0.0725. The Balaban J connectivity index is 1.12. The molecule has 0 bridgehead atoms. The number of benzene rings is 10. The first kappa shape index (κ1) is 45.1. The molecule has 5 heteroatoms. The van der Waals surface area contributed by atoms with Gasteiger partial charge in [0.2, 0.25) is 0 Å². The van der Waals surface area contributed by atoms with Gasteiger partial charge in [0.1, 0.15) is 0 Å². The van der Waals surface area contributed by atoms with Gasteiger partial charge in [0, 0.05) is 33.6 Å². The predicted molar refractivity (Wildman–Crippen MR) is 293 cm³/mol. The molecule has 3 aliphatic carbocycles. The molecular weight excluding hydrogens is 919 g/mol. The van der Waals surface area contributed by atoms with Crippen LogP contribution in [-0.4, -0.2) is 0 Å². The molecule has 0 aromatic heterocycles. The molecule has 10 aromatic rings. The first-order valence-corrected chi connectivity index (χ1v) is 24.9. The van der Waals surface area contributed by atoms with Crippen LogP contribution >= 0.6 is 0 Å². The number of halogens is 4. The minimum Gasteiger partial charge on any atom is -0.310 e. The minimum absolute atomic E-state index is 0.190. The van der Waals surface area contributed by atoms with Gasteiger partial charge in [0.15, 0.2) is 23.3 Å². The average molecular weight is 966 g/mol. The Labute approximate surface area is 428 Å². The highest BCUT2D eigenvalue weighted by Gasteiger charge is 2.50. The van der Waals surface area contributed by atoms with Crippen LogP contribution in [0.2, 0.25) is 0 Å². The number of nitrogens with zero attached hydrogens (tertiary/aromatic N) is 1. The summed E-state index contributed by atoms with van der Waals surface area (Å²) in [4.78, 5) is 2.22. The Morgan fingerprint density at radius 2 is 0.676 bits per heavy atom. The SMILES string of the molecule is C=Cc1ccc(C2(c3cccc(F)c3F)c3ccccc3-c3ccc(N(c4ccc5c(c4)C(C)(C)c4ccccc4-5)c4ccc5c(c4)C(c4ccc(C=C)cc4)(c4cccc(F)c4F)c4ccccc4-5)cc32)cc1. The first-order valence-electron chi connectivity index (χ1n) is 24.9. The molecule has 10 aromatic carbocycles. The van der Waals surface area contributed by atoms with Crippen molar-refractivity contribution in [1.29, 1.82) is 0 Å². The summed E-state index contributed by atoms with van der Waals surface area (Å²) < 4.78 is 65.8. The molecule has 0 heterocycles. The van der Waals surface area contributed by atoms with Crippen molar-refractivity contribution in [2.75, 3.05) is 4.90 Å². The largest absolute Gasteiger partial charge is 0.310 e. The van der Waals surface area contributed by atoms with Crippen LogP contribution in [-0.2, 0) is 16.2 Å². The van der Waals surface area contributed by atoms with E-state index in [1.54, 1.807) is 36.4 Å². The molecular formula is C69H47F4N. The zero-order valence-corrected chi connectivity index (χ0v) is 40.7. The molecule has 0 saturated carbocycles. The van der Waals surface area contributed by atoms with Gasteiger partial charge in [0.05, 0.1) is 10.8 Å². The summed E-state index contributed by atoms with van der Waals surface area (Å²) in [5.74, 6) is -3.73. The van der Waals surface area contributed by atoms with Crippen molar-refractivity contribution in [3.05, 3.63) is 316 Å². The van der Waals surface area contributed by atoms with E-state index >= 15 is 17.6 Å². The average Bonchev–Trinajstić information content (AvgIpc) is 4.00. The van der Waals surface area contributed by atoms with Crippen LogP contribution in [0.3, 0.4) is 0 Å². The van der Waals surface area contributed by atoms with Crippen LogP contribution in [0.25, 0.3) is 45.5 Å². The molecule has 0 aliphatic heterocycles. The van der Waals surface area contributed by atoms with E-state index in [-0.39, 0.29) is 16.5 Å². The molecule has 0 fully saturated rings. The Kier molecular flexibility index (Phi) is 10.1. The van der Waals surface area contributed by atoms with Crippen LogP contribution in [0.4, 0.5) is 34.6 Å². The molecule has 356 valence electrons. The van der Waals surface area contributed by atoms with Crippen molar-refractivity contribution >= 4 is 29.2 Å². The van der Waals surface area contributed by atoms with Gasteiger partial charge in [-0.1, -0.05) is 203 Å². The second kappa shape index (κ2) is 16.6. The van der Waals surface area contributed by atoms with E-state index in [1.807, 2.05) is 97.1 Å². The molecule has 0 amide bonds. The Morgan fingerprint density at radius 1 is 0.338 bits per heavy atom. The number of fused-ring (bicyclic) bond motifs is 9. The molecule has 0 spiro atoms. The summed E-state index contributed by atoms with van der Waals surface area (Å²) in [6.45, 7) is 12.5. The third-order valence-electron chi connectivity index (χ3n) is 16.3. The number of hydrogen-bond acceptors (Lipinski definition) is 1. The minimum atomic E-state index is -1.30. The zero-order chi connectivity index (χ0) is 50.7. The van der Waals surface area contributed by atoms with Crippen LogP contribution in [0.1, 0.15) is 80.6 Å². The second-order valence-corrected chi connectivity index (χ2v) is 20.1.